The molecule has 4 atom stereocenters. The molecule has 0 amide bonds. The van der Waals surface area contributed by atoms with E-state index in [1.54, 1.807) is 13.3 Å². The molecule has 1 saturated carbocycles. The third-order valence-corrected chi connectivity index (χ3v) is 5.78. The highest BCUT2D eigenvalue weighted by atomic mass is 16.5. The van der Waals surface area contributed by atoms with Crippen molar-refractivity contribution < 1.29 is 9.84 Å². The maximum absolute atomic E-state index is 10.6. The van der Waals surface area contributed by atoms with Crippen molar-refractivity contribution in [3.05, 3.63) is 18.1 Å². The van der Waals surface area contributed by atoms with Gasteiger partial charge in [0, 0.05) is 42.3 Å². The molecule has 6 nitrogen and oxygen atoms in total. The van der Waals surface area contributed by atoms with E-state index in [4.69, 9.17) is 4.74 Å². The van der Waals surface area contributed by atoms with Gasteiger partial charge in [-0.15, -0.1) is 0 Å². The molecule has 134 valence electrons. The van der Waals surface area contributed by atoms with Gasteiger partial charge in [-0.3, -0.25) is 4.90 Å². The molecule has 2 fully saturated rings. The Morgan fingerprint density at radius 2 is 2.25 bits per heavy atom. The Labute approximate surface area is 144 Å². The maximum atomic E-state index is 10.6. The van der Waals surface area contributed by atoms with Crippen LogP contribution in [0.15, 0.2) is 12.5 Å². The standard InChI is InChI=1S/C18H30N4O2/c1-5-22-10-18(16(22)12(2)3)6-14(15(23)7-18)20-9-13-8-19-11-21-17(13)24-4/h8,11-12,14-16,20,23H,5-7,9-10H2,1-4H3/t14-,15-,16?,18?/m1/s1. The van der Waals surface area contributed by atoms with Crippen LogP contribution < -0.4 is 10.1 Å². The van der Waals surface area contributed by atoms with E-state index >= 15 is 0 Å². The molecular weight excluding hydrogens is 304 g/mol. The fourth-order valence-corrected chi connectivity index (χ4v) is 5.00. The van der Waals surface area contributed by atoms with Crippen LogP contribution in [0.25, 0.3) is 0 Å². The fourth-order valence-electron chi connectivity index (χ4n) is 5.00. The van der Waals surface area contributed by atoms with Gasteiger partial charge in [0.1, 0.15) is 6.33 Å². The Kier molecular flexibility index (Phi) is 5.08. The third-order valence-electron chi connectivity index (χ3n) is 5.78. The molecule has 24 heavy (non-hydrogen) atoms. The summed E-state index contributed by atoms with van der Waals surface area (Å²) in [5.74, 6) is 1.22. The lowest BCUT2D eigenvalue weighted by Gasteiger charge is -2.58. The van der Waals surface area contributed by atoms with Crippen molar-refractivity contribution in [3.63, 3.8) is 0 Å². The van der Waals surface area contributed by atoms with Crippen molar-refractivity contribution in [2.24, 2.45) is 11.3 Å². The minimum atomic E-state index is -0.291. The van der Waals surface area contributed by atoms with Gasteiger partial charge in [-0.25, -0.2) is 9.97 Å². The topological polar surface area (TPSA) is 70.5 Å². The molecule has 2 heterocycles. The molecule has 1 aromatic heterocycles. The van der Waals surface area contributed by atoms with Crippen LogP contribution in [-0.2, 0) is 6.54 Å². The monoisotopic (exact) mass is 334 g/mol. The molecule has 2 N–H and O–H groups in total. The average Bonchev–Trinajstić information content (AvgIpc) is 2.88. The Morgan fingerprint density at radius 3 is 2.92 bits per heavy atom. The molecule has 3 rings (SSSR count). The summed E-state index contributed by atoms with van der Waals surface area (Å²) in [6, 6.07) is 0.703. The lowest BCUT2D eigenvalue weighted by atomic mass is 9.65. The Bertz CT molecular complexity index is 568. The zero-order valence-electron chi connectivity index (χ0n) is 15.2. The molecule has 2 unspecified atom stereocenters. The molecule has 1 aliphatic carbocycles. The first-order valence-corrected chi connectivity index (χ1v) is 8.99. The normalized spacial score (nSPS) is 33.2. The first-order chi connectivity index (χ1) is 11.5. The number of methoxy groups -OCH3 is 1. The molecule has 6 heteroatoms. The molecule has 1 aromatic rings. The van der Waals surface area contributed by atoms with E-state index in [0.717, 1.165) is 31.5 Å². The highest BCUT2D eigenvalue weighted by Crippen LogP contribution is 2.52. The predicted molar refractivity (Wildman–Crippen MR) is 92.8 cm³/mol. The van der Waals surface area contributed by atoms with Crippen LogP contribution in [0, 0.1) is 11.3 Å². The second-order valence-corrected chi connectivity index (χ2v) is 7.63. The van der Waals surface area contributed by atoms with Gasteiger partial charge in [0.2, 0.25) is 5.88 Å². The van der Waals surface area contributed by atoms with E-state index in [-0.39, 0.29) is 17.6 Å². The lowest BCUT2D eigenvalue weighted by Crippen LogP contribution is -2.65. The zero-order chi connectivity index (χ0) is 17.3. The van der Waals surface area contributed by atoms with Crippen LogP contribution in [-0.4, -0.2) is 58.4 Å². The Hall–Kier alpha value is -1.24. The first kappa shape index (κ1) is 17.6. The summed E-state index contributed by atoms with van der Waals surface area (Å²) in [6.45, 7) is 9.65. The maximum Gasteiger partial charge on any atom is 0.220 e. The summed E-state index contributed by atoms with van der Waals surface area (Å²) in [5.41, 5.74) is 1.19. The molecular formula is C18H30N4O2. The van der Waals surface area contributed by atoms with Gasteiger partial charge in [0.05, 0.1) is 13.2 Å². The molecule has 0 bridgehead atoms. The molecule has 1 saturated heterocycles. The van der Waals surface area contributed by atoms with Crippen LogP contribution in [0.2, 0.25) is 0 Å². The Morgan fingerprint density at radius 1 is 1.46 bits per heavy atom. The predicted octanol–water partition coefficient (Wildman–Crippen LogP) is 1.44. The summed E-state index contributed by atoms with van der Waals surface area (Å²) >= 11 is 0. The molecule has 2 aliphatic rings. The number of hydrogen-bond donors (Lipinski definition) is 2. The first-order valence-electron chi connectivity index (χ1n) is 8.99. The molecule has 1 aliphatic heterocycles. The van der Waals surface area contributed by atoms with Gasteiger partial charge < -0.3 is 15.2 Å². The van der Waals surface area contributed by atoms with E-state index < -0.39 is 0 Å². The summed E-state index contributed by atoms with van der Waals surface area (Å²) in [7, 11) is 1.62. The fraction of sp³-hybridized carbons (Fsp3) is 0.778. The van der Waals surface area contributed by atoms with Crippen molar-refractivity contribution in [1.29, 1.82) is 0 Å². The lowest BCUT2D eigenvalue weighted by molar-refractivity contribution is -0.0964. The smallest absolute Gasteiger partial charge is 0.220 e. The van der Waals surface area contributed by atoms with Gasteiger partial charge in [0.25, 0.3) is 0 Å². The third kappa shape index (κ3) is 3.03. The van der Waals surface area contributed by atoms with Crippen LogP contribution in [0.3, 0.4) is 0 Å². The highest BCUT2D eigenvalue weighted by molar-refractivity contribution is 5.22. The van der Waals surface area contributed by atoms with Crippen molar-refractivity contribution >= 4 is 0 Å². The van der Waals surface area contributed by atoms with E-state index in [9.17, 15) is 5.11 Å². The van der Waals surface area contributed by atoms with E-state index in [1.807, 2.05) is 0 Å². The van der Waals surface area contributed by atoms with Crippen LogP contribution in [0.5, 0.6) is 5.88 Å². The van der Waals surface area contributed by atoms with Gasteiger partial charge in [-0.2, -0.15) is 0 Å². The quantitative estimate of drug-likeness (QED) is 0.820. The summed E-state index contributed by atoms with van der Waals surface area (Å²) in [5, 5.41) is 14.1. The van der Waals surface area contributed by atoms with Crippen molar-refractivity contribution in [3.8, 4) is 5.88 Å². The number of aromatic nitrogens is 2. The van der Waals surface area contributed by atoms with Gasteiger partial charge in [-0.05, 0) is 25.3 Å². The van der Waals surface area contributed by atoms with Gasteiger partial charge in [-0.1, -0.05) is 20.8 Å². The SMILES string of the molecule is CCN1CC2(C[C@@H](O)[C@H](NCc3cncnc3OC)C2)C1C(C)C. The number of likely N-dealkylation sites (tertiary alicyclic amines) is 1. The summed E-state index contributed by atoms with van der Waals surface area (Å²) in [4.78, 5) is 10.8. The number of hydrogen-bond acceptors (Lipinski definition) is 6. The van der Waals surface area contributed by atoms with E-state index in [1.165, 1.54) is 6.33 Å². The molecule has 1 spiro atoms. The minimum absolute atomic E-state index is 0.121. The van der Waals surface area contributed by atoms with Crippen molar-refractivity contribution in [2.75, 3.05) is 20.2 Å². The number of ether oxygens (including phenoxy) is 1. The van der Waals surface area contributed by atoms with Crippen LogP contribution >= 0.6 is 0 Å². The second-order valence-electron chi connectivity index (χ2n) is 7.63. The zero-order valence-corrected chi connectivity index (χ0v) is 15.2. The largest absolute Gasteiger partial charge is 0.481 e. The van der Waals surface area contributed by atoms with Crippen molar-refractivity contribution in [2.45, 2.75) is 58.3 Å². The van der Waals surface area contributed by atoms with E-state index in [0.29, 0.717) is 24.4 Å². The Balaban J connectivity index is 1.64. The van der Waals surface area contributed by atoms with Crippen LogP contribution in [0.4, 0.5) is 0 Å². The van der Waals surface area contributed by atoms with E-state index in [2.05, 4.69) is 41.0 Å². The number of nitrogens with one attached hydrogen (secondary N) is 1. The van der Waals surface area contributed by atoms with Gasteiger partial charge in [0.15, 0.2) is 0 Å². The van der Waals surface area contributed by atoms with Crippen LogP contribution in [0.1, 0.15) is 39.2 Å². The number of aliphatic hydroxyl groups excluding tert-OH is 1. The van der Waals surface area contributed by atoms with Crippen molar-refractivity contribution in [1.82, 2.24) is 20.2 Å². The summed E-state index contributed by atoms with van der Waals surface area (Å²) < 4.78 is 5.28. The van der Waals surface area contributed by atoms with Gasteiger partial charge >= 0.3 is 0 Å². The minimum Gasteiger partial charge on any atom is -0.481 e. The number of nitrogens with zero attached hydrogens (tertiary/aromatic N) is 3. The number of aliphatic hydroxyl groups is 1. The summed E-state index contributed by atoms with van der Waals surface area (Å²) in [6.07, 6.45) is 4.90. The molecule has 0 aromatic carbocycles. The average molecular weight is 334 g/mol. The highest BCUT2D eigenvalue weighted by Gasteiger charge is 2.58. The molecule has 0 radical (unpaired) electrons. The second kappa shape index (κ2) is 6.94. The number of rotatable bonds is 6.